The first-order valence-electron chi connectivity index (χ1n) is 6.02. The molecular formula is C12H17ClN2O2S. The summed E-state index contributed by atoms with van der Waals surface area (Å²) in [6.07, 6.45) is 0. The molecule has 0 spiro atoms. The van der Waals surface area contributed by atoms with Crippen molar-refractivity contribution in [3.05, 3.63) is 21.3 Å². The minimum Gasteiger partial charge on any atom is -0.379 e. The number of morpholine rings is 1. The lowest BCUT2D eigenvalue weighted by Gasteiger charge is -2.32. The molecule has 0 aromatic carbocycles. The zero-order valence-corrected chi connectivity index (χ0v) is 11.9. The maximum atomic E-state index is 11.8. The molecule has 0 aliphatic carbocycles. The normalized spacial score (nSPS) is 18.6. The molecule has 1 aromatic heterocycles. The van der Waals surface area contributed by atoms with Gasteiger partial charge in [0.1, 0.15) is 0 Å². The Balaban J connectivity index is 1.78. The van der Waals surface area contributed by atoms with Gasteiger partial charge in [0.2, 0.25) is 0 Å². The second kappa shape index (κ2) is 6.52. The van der Waals surface area contributed by atoms with Crippen LogP contribution >= 0.6 is 22.9 Å². The van der Waals surface area contributed by atoms with Gasteiger partial charge in [-0.3, -0.25) is 9.69 Å². The molecule has 1 unspecified atom stereocenters. The van der Waals surface area contributed by atoms with Crippen molar-refractivity contribution in [2.24, 2.45) is 0 Å². The molecule has 0 bridgehead atoms. The molecule has 1 aliphatic heterocycles. The number of amides is 1. The fourth-order valence-corrected chi connectivity index (χ4v) is 2.87. The van der Waals surface area contributed by atoms with Gasteiger partial charge in [0.05, 0.1) is 22.4 Å². The largest absolute Gasteiger partial charge is 0.379 e. The molecule has 2 rings (SSSR count). The number of hydrogen-bond donors (Lipinski definition) is 1. The second-order valence-corrected chi connectivity index (χ2v) is 6.03. The summed E-state index contributed by atoms with van der Waals surface area (Å²) in [7, 11) is 0. The van der Waals surface area contributed by atoms with Crippen molar-refractivity contribution < 1.29 is 9.53 Å². The van der Waals surface area contributed by atoms with E-state index in [1.54, 1.807) is 12.1 Å². The van der Waals surface area contributed by atoms with Crippen LogP contribution in [0.1, 0.15) is 16.6 Å². The van der Waals surface area contributed by atoms with Gasteiger partial charge >= 0.3 is 0 Å². The van der Waals surface area contributed by atoms with E-state index < -0.39 is 0 Å². The molecule has 1 atom stereocenters. The van der Waals surface area contributed by atoms with E-state index in [1.807, 2.05) is 0 Å². The number of rotatable bonds is 4. The molecule has 4 nitrogen and oxygen atoms in total. The summed E-state index contributed by atoms with van der Waals surface area (Å²) in [5, 5.41) is 2.94. The highest BCUT2D eigenvalue weighted by Gasteiger charge is 2.18. The lowest BCUT2D eigenvalue weighted by molar-refractivity contribution is 0.0204. The van der Waals surface area contributed by atoms with Gasteiger partial charge < -0.3 is 10.1 Å². The first kappa shape index (κ1) is 13.8. The number of hydrogen-bond acceptors (Lipinski definition) is 4. The van der Waals surface area contributed by atoms with E-state index in [1.165, 1.54) is 11.3 Å². The molecule has 1 N–H and O–H groups in total. The SMILES string of the molecule is CC(CNC(=O)c1ccc(Cl)s1)N1CCOCC1. The minimum atomic E-state index is -0.0491. The quantitative estimate of drug-likeness (QED) is 0.919. The number of nitrogens with one attached hydrogen (secondary N) is 1. The highest BCUT2D eigenvalue weighted by atomic mass is 35.5. The third-order valence-electron chi connectivity index (χ3n) is 3.02. The average Bonchev–Trinajstić information content (AvgIpc) is 2.83. The first-order chi connectivity index (χ1) is 8.66. The molecule has 1 aliphatic rings. The third-order valence-corrected chi connectivity index (χ3v) is 4.25. The third kappa shape index (κ3) is 3.68. The lowest BCUT2D eigenvalue weighted by atomic mass is 10.2. The number of nitrogens with zero attached hydrogens (tertiary/aromatic N) is 1. The molecule has 1 amide bonds. The van der Waals surface area contributed by atoms with Crippen molar-refractivity contribution in [3.8, 4) is 0 Å². The molecule has 1 fully saturated rings. The van der Waals surface area contributed by atoms with Crippen LogP contribution in [0.15, 0.2) is 12.1 Å². The topological polar surface area (TPSA) is 41.6 Å². The van der Waals surface area contributed by atoms with Crippen molar-refractivity contribution in [2.75, 3.05) is 32.8 Å². The zero-order chi connectivity index (χ0) is 13.0. The van der Waals surface area contributed by atoms with E-state index in [9.17, 15) is 4.79 Å². The van der Waals surface area contributed by atoms with E-state index in [-0.39, 0.29) is 5.91 Å². The fraction of sp³-hybridized carbons (Fsp3) is 0.583. The number of carbonyl (C=O) groups is 1. The Hall–Kier alpha value is -0.620. The molecular weight excluding hydrogens is 272 g/mol. The van der Waals surface area contributed by atoms with E-state index in [0.717, 1.165) is 26.3 Å². The Morgan fingerprint density at radius 3 is 2.89 bits per heavy atom. The van der Waals surface area contributed by atoms with Crippen LogP contribution in [-0.4, -0.2) is 49.7 Å². The van der Waals surface area contributed by atoms with Gasteiger partial charge in [-0.2, -0.15) is 0 Å². The van der Waals surface area contributed by atoms with Crippen molar-refractivity contribution >= 4 is 28.8 Å². The molecule has 18 heavy (non-hydrogen) atoms. The van der Waals surface area contributed by atoms with E-state index in [2.05, 4.69) is 17.1 Å². The number of carbonyl (C=O) groups excluding carboxylic acids is 1. The monoisotopic (exact) mass is 288 g/mol. The summed E-state index contributed by atoms with van der Waals surface area (Å²) in [5.41, 5.74) is 0. The Bertz CT molecular complexity index is 405. The lowest BCUT2D eigenvalue weighted by Crippen LogP contribution is -2.47. The van der Waals surface area contributed by atoms with Crippen LogP contribution in [0.2, 0.25) is 4.34 Å². The second-order valence-electron chi connectivity index (χ2n) is 4.31. The van der Waals surface area contributed by atoms with Gasteiger partial charge in [-0.1, -0.05) is 11.6 Å². The van der Waals surface area contributed by atoms with Gasteiger partial charge in [0, 0.05) is 25.7 Å². The Labute approximate surface area is 116 Å². The molecule has 100 valence electrons. The van der Waals surface area contributed by atoms with Crippen LogP contribution in [0, 0.1) is 0 Å². The Kier molecular flexibility index (Phi) is 5.00. The fourth-order valence-electron chi connectivity index (χ4n) is 1.91. The number of halogens is 1. The summed E-state index contributed by atoms with van der Waals surface area (Å²) in [4.78, 5) is 14.8. The molecule has 1 aromatic rings. The highest BCUT2D eigenvalue weighted by Crippen LogP contribution is 2.21. The van der Waals surface area contributed by atoms with Crippen LogP contribution in [0.4, 0.5) is 0 Å². The van der Waals surface area contributed by atoms with Gasteiger partial charge in [-0.25, -0.2) is 0 Å². The van der Waals surface area contributed by atoms with Crippen LogP contribution < -0.4 is 5.32 Å². The van der Waals surface area contributed by atoms with Crippen molar-refractivity contribution in [3.63, 3.8) is 0 Å². The smallest absolute Gasteiger partial charge is 0.261 e. The summed E-state index contributed by atoms with van der Waals surface area (Å²) in [5.74, 6) is -0.0491. The summed E-state index contributed by atoms with van der Waals surface area (Å²) in [6.45, 7) is 6.18. The van der Waals surface area contributed by atoms with E-state index in [4.69, 9.17) is 16.3 Å². The molecule has 0 saturated carbocycles. The van der Waals surface area contributed by atoms with Gasteiger partial charge in [-0.15, -0.1) is 11.3 Å². The van der Waals surface area contributed by atoms with Crippen molar-refractivity contribution in [1.29, 1.82) is 0 Å². The van der Waals surface area contributed by atoms with Crippen LogP contribution in [0.3, 0.4) is 0 Å². The van der Waals surface area contributed by atoms with E-state index in [0.29, 0.717) is 21.8 Å². The zero-order valence-electron chi connectivity index (χ0n) is 10.3. The maximum Gasteiger partial charge on any atom is 0.261 e. The number of thiophene rings is 1. The number of ether oxygens (including phenoxy) is 1. The van der Waals surface area contributed by atoms with E-state index >= 15 is 0 Å². The minimum absolute atomic E-state index is 0.0491. The molecule has 6 heteroatoms. The standard InChI is InChI=1S/C12H17ClN2O2S/c1-9(15-4-6-17-7-5-15)8-14-12(16)10-2-3-11(13)18-10/h2-3,9H,4-8H2,1H3,(H,14,16). The van der Waals surface area contributed by atoms with Gasteiger partial charge in [0.15, 0.2) is 0 Å². The first-order valence-corrected chi connectivity index (χ1v) is 7.21. The van der Waals surface area contributed by atoms with Crippen LogP contribution in [-0.2, 0) is 4.74 Å². The predicted octanol–water partition coefficient (Wildman–Crippen LogP) is 1.85. The maximum absolute atomic E-state index is 11.8. The average molecular weight is 289 g/mol. The molecule has 2 heterocycles. The summed E-state index contributed by atoms with van der Waals surface area (Å²) < 4.78 is 5.95. The van der Waals surface area contributed by atoms with Crippen molar-refractivity contribution in [1.82, 2.24) is 10.2 Å². The van der Waals surface area contributed by atoms with Gasteiger partial charge in [0.25, 0.3) is 5.91 Å². The molecule has 0 radical (unpaired) electrons. The Morgan fingerprint density at radius 1 is 1.56 bits per heavy atom. The summed E-state index contributed by atoms with van der Waals surface area (Å²) >= 11 is 7.11. The molecule has 1 saturated heterocycles. The highest BCUT2D eigenvalue weighted by molar-refractivity contribution is 7.17. The van der Waals surface area contributed by atoms with Crippen molar-refractivity contribution in [2.45, 2.75) is 13.0 Å². The van der Waals surface area contributed by atoms with Crippen LogP contribution in [0.5, 0.6) is 0 Å². The predicted molar refractivity (Wildman–Crippen MR) is 73.5 cm³/mol. The van der Waals surface area contributed by atoms with Gasteiger partial charge in [-0.05, 0) is 19.1 Å². The Morgan fingerprint density at radius 2 is 2.28 bits per heavy atom. The summed E-state index contributed by atoms with van der Waals surface area (Å²) in [6, 6.07) is 3.82. The van der Waals surface area contributed by atoms with Crippen LogP contribution in [0.25, 0.3) is 0 Å².